The third kappa shape index (κ3) is 8.03. The van der Waals surface area contributed by atoms with Crippen LogP contribution in [0, 0.1) is 5.92 Å². The van der Waals surface area contributed by atoms with E-state index in [9.17, 15) is 0 Å². The molecule has 2 aliphatic heterocycles. The molecular weight excluding hydrogens is 477 g/mol. The maximum absolute atomic E-state index is 5.51. The van der Waals surface area contributed by atoms with Crippen LogP contribution in [0.25, 0.3) is 0 Å². The lowest BCUT2D eigenvalue weighted by molar-refractivity contribution is 0.148. The van der Waals surface area contributed by atoms with Gasteiger partial charge in [0.15, 0.2) is 5.96 Å². The lowest BCUT2D eigenvalue weighted by atomic mass is 10.1. The molecule has 1 atom stereocenters. The van der Waals surface area contributed by atoms with Crippen LogP contribution in [0.1, 0.15) is 24.5 Å². The fourth-order valence-electron chi connectivity index (χ4n) is 3.85. The number of guanidine groups is 1. The number of ether oxygens (including phenoxy) is 1. The van der Waals surface area contributed by atoms with Crippen molar-refractivity contribution >= 4 is 29.9 Å². The molecule has 0 saturated carbocycles. The van der Waals surface area contributed by atoms with E-state index in [-0.39, 0.29) is 24.0 Å². The predicted octanol–water partition coefficient (Wildman–Crippen LogP) is 2.49. The van der Waals surface area contributed by atoms with Gasteiger partial charge in [-0.05, 0) is 31.5 Å². The second-order valence-electron chi connectivity index (χ2n) is 8.18. The van der Waals surface area contributed by atoms with E-state index in [1.165, 1.54) is 24.2 Å². The maximum Gasteiger partial charge on any atom is 0.193 e. The number of aliphatic imine (C=N–C) groups is 1. The minimum atomic E-state index is 0. The number of halogens is 1. The lowest BCUT2D eigenvalue weighted by Gasteiger charge is -2.32. The van der Waals surface area contributed by atoms with Gasteiger partial charge in [0.1, 0.15) is 0 Å². The number of nitrogens with zero attached hydrogens (tertiary/aromatic N) is 4. The van der Waals surface area contributed by atoms with Gasteiger partial charge in [-0.1, -0.05) is 24.3 Å². The standard InChI is InChI=1S/C22H37N5O.HI/c1-4-23-22(26(3)16-21-9-14-28-18-21)24-15-19-5-7-20(8-6-19)17-27-12-10-25(2)11-13-27;/h5-8,21H,4,9-18H2,1-3H3,(H,23,24);1H. The van der Waals surface area contributed by atoms with Crippen LogP contribution in [0.15, 0.2) is 29.3 Å². The molecule has 6 nitrogen and oxygen atoms in total. The Morgan fingerprint density at radius 3 is 2.48 bits per heavy atom. The molecule has 3 rings (SSSR count). The van der Waals surface area contributed by atoms with Gasteiger partial charge in [0, 0.05) is 65.4 Å². The van der Waals surface area contributed by atoms with Crippen LogP contribution >= 0.6 is 24.0 Å². The van der Waals surface area contributed by atoms with Crippen molar-refractivity contribution in [1.82, 2.24) is 20.0 Å². The molecule has 1 unspecified atom stereocenters. The highest BCUT2D eigenvalue weighted by atomic mass is 127. The van der Waals surface area contributed by atoms with E-state index in [1.807, 2.05) is 0 Å². The summed E-state index contributed by atoms with van der Waals surface area (Å²) in [6.07, 6.45) is 1.15. The molecule has 2 aliphatic rings. The van der Waals surface area contributed by atoms with Crippen molar-refractivity contribution in [2.75, 3.05) is 66.6 Å². The van der Waals surface area contributed by atoms with Crippen LogP contribution < -0.4 is 5.32 Å². The van der Waals surface area contributed by atoms with Gasteiger partial charge in [0.25, 0.3) is 0 Å². The van der Waals surface area contributed by atoms with Gasteiger partial charge in [-0.3, -0.25) is 4.90 Å². The lowest BCUT2D eigenvalue weighted by Crippen LogP contribution is -2.43. The fraction of sp³-hybridized carbons (Fsp3) is 0.682. The summed E-state index contributed by atoms with van der Waals surface area (Å²) in [5.74, 6) is 1.60. The molecule has 164 valence electrons. The second-order valence-corrected chi connectivity index (χ2v) is 8.18. The minimum absolute atomic E-state index is 0. The molecule has 2 heterocycles. The Hall–Kier alpha value is -0.900. The summed E-state index contributed by atoms with van der Waals surface area (Å²) in [5, 5.41) is 3.42. The number of nitrogens with one attached hydrogen (secondary N) is 1. The van der Waals surface area contributed by atoms with Crippen LogP contribution in [0.3, 0.4) is 0 Å². The quantitative estimate of drug-likeness (QED) is 0.344. The first kappa shape index (κ1) is 24.4. The Balaban J connectivity index is 0.00000300. The summed E-state index contributed by atoms with van der Waals surface area (Å²) in [7, 11) is 4.33. The number of piperazine rings is 1. The molecule has 2 saturated heterocycles. The Bertz CT molecular complexity index is 610. The first-order valence-corrected chi connectivity index (χ1v) is 10.7. The monoisotopic (exact) mass is 515 g/mol. The Morgan fingerprint density at radius 2 is 1.86 bits per heavy atom. The van der Waals surface area contributed by atoms with Crippen molar-refractivity contribution in [2.24, 2.45) is 10.9 Å². The van der Waals surface area contributed by atoms with Crippen LogP contribution in [-0.2, 0) is 17.8 Å². The third-order valence-electron chi connectivity index (χ3n) is 5.69. The Kier molecular flexibility index (Phi) is 10.7. The average Bonchev–Trinajstić information content (AvgIpc) is 3.21. The predicted molar refractivity (Wildman–Crippen MR) is 131 cm³/mol. The molecular formula is C22H38IN5O. The van der Waals surface area contributed by atoms with Crippen LogP contribution in [0.4, 0.5) is 0 Å². The smallest absolute Gasteiger partial charge is 0.193 e. The number of hydrogen-bond donors (Lipinski definition) is 1. The summed E-state index contributed by atoms with van der Waals surface area (Å²) in [4.78, 5) is 12.0. The molecule has 0 bridgehead atoms. The summed E-state index contributed by atoms with van der Waals surface area (Å²) in [6, 6.07) is 8.97. The van der Waals surface area contributed by atoms with Crippen molar-refractivity contribution < 1.29 is 4.74 Å². The molecule has 0 aromatic heterocycles. The van der Waals surface area contributed by atoms with Crippen LogP contribution in [-0.4, -0.2) is 87.2 Å². The number of rotatable bonds is 7. The van der Waals surface area contributed by atoms with E-state index in [4.69, 9.17) is 9.73 Å². The number of benzene rings is 1. The second kappa shape index (κ2) is 12.7. The summed E-state index contributed by atoms with van der Waals surface area (Å²) in [6.45, 7) is 12.2. The minimum Gasteiger partial charge on any atom is -0.381 e. The topological polar surface area (TPSA) is 43.3 Å². The molecule has 2 fully saturated rings. The third-order valence-corrected chi connectivity index (χ3v) is 5.69. The number of likely N-dealkylation sites (N-methyl/N-ethyl adjacent to an activating group) is 1. The first-order chi connectivity index (χ1) is 13.6. The fourth-order valence-corrected chi connectivity index (χ4v) is 3.85. The van der Waals surface area contributed by atoms with Crippen LogP contribution in [0.2, 0.25) is 0 Å². The van der Waals surface area contributed by atoms with Gasteiger partial charge >= 0.3 is 0 Å². The van der Waals surface area contributed by atoms with Gasteiger partial charge in [-0.2, -0.15) is 0 Å². The zero-order valence-electron chi connectivity index (χ0n) is 18.3. The Labute approximate surface area is 193 Å². The molecule has 1 aromatic carbocycles. The highest BCUT2D eigenvalue weighted by Crippen LogP contribution is 2.14. The van der Waals surface area contributed by atoms with Crippen molar-refractivity contribution in [1.29, 1.82) is 0 Å². The summed E-state index contributed by atoms with van der Waals surface area (Å²) in [5.41, 5.74) is 2.65. The molecule has 0 amide bonds. The van der Waals surface area contributed by atoms with Gasteiger partial charge in [-0.15, -0.1) is 24.0 Å². The SMILES string of the molecule is CCNC(=NCc1ccc(CN2CCN(C)CC2)cc1)N(C)CC1CCOC1.I. The molecule has 0 radical (unpaired) electrons. The summed E-state index contributed by atoms with van der Waals surface area (Å²) < 4.78 is 5.51. The normalized spacial score (nSPS) is 21.1. The van der Waals surface area contributed by atoms with E-state index in [0.717, 1.165) is 58.3 Å². The van der Waals surface area contributed by atoms with Gasteiger partial charge in [0.05, 0.1) is 13.2 Å². The van der Waals surface area contributed by atoms with Crippen molar-refractivity contribution in [3.63, 3.8) is 0 Å². The van der Waals surface area contributed by atoms with E-state index >= 15 is 0 Å². The highest BCUT2D eigenvalue weighted by Gasteiger charge is 2.19. The zero-order valence-corrected chi connectivity index (χ0v) is 20.6. The van der Waals surface area contributed by atoms with E-state index in [0.29, 0.717) is 12.5 Å². The van der Waals surface area contributed by atoms with Gasteiger partial charge in [-0.25, -0.2) is 4.99 Å². The Morgan fingerprint density at radius 1 is 1.17 bits per heavy atom. The van der Waals surface area contributed by atoms with Crippen molar-refractivity contribution in [3.05, 3.63) is 35.4 Å². The van der Waals surface area contributed by atoms with Crippen molar-refractivity contribution in [3.8, 4) is 0 Å². The number of hydrogen-bond acceptors (Lipinski definition) is 4. The molecule has 0 aliphatic carbocycles. The summed E-state index contributed by atoms with van der Waals surface area (Å²) >= 11 is 0. The van der Waals surface area contributed by atoms with E-state index < -0.39 is 0 Å². The van der Waals surface area contributed by atoms with Crippen molar-refractivity contribution in [2.45, 2.75) is 26.4 Å². The average molecular weight is 515 g/mol. The van der Waals surface area contributed by atoms with Crippen LogP contribution in [0.5, 0.6) is 0 Å². The highest BCUT2D eigenvalue weighted by molar-refractivity contribution is 14.0. The largest absolute Gasteiger partial charge is 0.381 e. The van der Waals surface area contributed by atoms with Gasteiger partial charge < -0.3 is 19.9 Å². The zero-order chi connectivity index (χ0) is 19.8. The van der Waals surface area contributed by atoms with E-state index in [1.54, 1.807) is 0 Å². The molecule has 1 N–H and O–H groups in total. The first-order valence-electron chi connectivity index (χ1n) is 10.7. The molecule has 7 heteroatoms. The van der Waals surface area contributed by atoms with E-state index in [2.05, 4.69) is 65.3 Å². The maximum atomic E-state index is 5.51. The molecule has 0 spiro atoms. The molecule has 1 aromatic rings. The van der Waals surface area contributed by atoms with Gasteiger partial charge in [0.2, 0.25) is 0 Å². The molecule has 29 heavy (non-hydrogen) atoms.